The van der Waals surface area contributed by atoms with Crippen LogP contribution in [0.3, 0.4) is 0 Å². The molecule has 0 heterocycles. The molecule has 0 saturated carbocycles. The van der Waals surface area contributed by atoms with Crippen LogP contribution in [0.2, 0.25) is 0 Å². The van der Waals surface area contributed by atoms with E-state index in [1.165, 1.54) is 82.7 Å². The Hall–Kier alpha value is -8.26. The van der Waals surface area contributed by atoms with Gasteiger partial charge in [0.15, 0.2) is 0 Å². The summed E-state index contributed by atoms with van der Waals surface area (Å²) in [6.07, 6.45) is 0. The normalized spacial score (nSPS) is 11.2. The Morgan fingerprint density at radius 1 is 0.190 bits per heavy atom. The molecule has 0 spiro atoms. The van der Waals surface area contributed by atoms with E-state index in [9.17, 15) is 0 Å². The highest BCUT2D eigenvalue weighted by atomic mass is 15.1. The molecule has 0 fully saturated rings. The van der Waals surface area contributed by atoms with Gasteiger partial charge in [0.2, 0.25) is 0 Å². The van der Waals surface area contributed by atoms with Crippen molar-refractivity contribution >= 4 is 38.6 Å². The molecule has 11 rings (SSSR count). The first-order chi connectivity index (χ1) is 31.3. The van der Waals surface area contributed by atoms with Crippen LogP contribution >= 0.6 is 0 Å². The second kappa shape index (κ2) is 16.7. The molecule has 0 saturated heterocycles. The molecule has 296 valence electrons. The van der Waals surface area contributed by atoms with Gasteiger partial charge >= 0.3 is 0 Å². The van der Waals surface area contributed by atoms with E-state index in [1.54, 1.807) is 0 Å². The fourth-order valence-electron chi connectivity index (χ4n) is 9.28. The van der Waals surface area contributed by atoms with E-state index in [1.807, 2.05) is 0 Å². The van der Waals surface area contributed by atoms with Crippen molar-refractivity contribution in [2.24, 2.45) is 0 Å². The van der Waals surface area contributed by atoms with Crippen molar-refractivity contribution in [1.29, 1.82) is 0 Å². The molecule has 0 unspecified atom stereocenters. The predicted octanol–water partition coefficient (Wildman–Crippen LogP) is 17.5. The van der Waals surface area contributed by atoms with Crippen molar-refractivity contribution in [2.75, 3.05) is 4.90 Å². The predicted molar refractivity (Wildman–Crippen MR) is 269 cm³/mol. The zero-order chi connectivity index (χ0) is 42.0. The quantitative estimate of drug-likeness (QED) is 0.131. The van der Waals surface area contributed by atoms with Crippen molar-refractivity contribution in [1.82, 2.24) is 0 Å². The van der Waals surface area contributed by atoms with Gasteiger partial charge < -0.3 is 4.90 Å². The average Bonchev–Trinajstić information content (AvgIpc) is 3.37. The molecule has 0 N–H and O–H groups in total. The van der Waals surface area contributed by atoms with E-state index >= 15 is 0 Å². The van der Waals surface area contributed by atoms with E-state index in [4.69, 9.17) is 0 Å². The monoisotopic (exact) mass is 801 g/mol. The summed E-state index contributed by atoms with van der Waals surface area (Å²) in [7, 11) is 0. The van der Waals surface area contributed by atoms with Gasteiger partial charge in [0.25, 0.3) is 0 Å². The van der Waals surface area contributed by atoms with Gasteiger partial charge in [-0.25, -0.2) is 0 Å². The lowest BCUT2D eigenvalue weighted by Gasteiger charge is -2.27. The van der Waals surface area contributed by atoms with Crippen LogP contribution in [0, 0.1) is 0 Å². The van der Waals surface area contributed by atoms with Crippen LogP contribution < -0.4 is 4.90 Å². The first kappa shape index (κ1) is 37.7. The standard InChI is InChI=1S/C62H43N/c1-6-19-44(20-7-1)50-29-18-30-53(41-50)63(52-36-33-45(34-37-52)51-35-39-55(46-21-8-2-9-22-46)59(42-51)47-23-10-3-11-24-47)54-38-40-57-56-31-16-17-32-58(56)61(48-25-12-4-13-26-48)62(60(57)43-54)49-27-14-5-15-28-49/h1-43H. The van der Waals surface area contributed by atoms with Crippen LogP contribution in [-0.4, -0.2) is 0 Å². The maximum Gasteiger partial charge on any atom is 0.0468 e. The summed E-state index contributed by atoms with van der Waals surface area (Å²) in [5.74, 6) is 0. The van der Waals surface area contributed by atoms with E-state index in [-0.39, 0.29) is 0 Å². The SMILES string of the molecule is c1ccc(-c2cccc(N(c3ccc(-c4ccc(-c5ccccc5)c(-c5ccccc5)c4)cc3)c3ccc4c(c3)c(-c3ccccc3)c(-c3ccccc3)c3ccccc34)c2)cc1. The minimum atomic E-state index is 1.08. The van der Waals surface area contributed by atoms with Gasteiger partial charge in [-0.2, -0.15) is 0 Å². The van der Waals surface area contributed by atoms with E-state index in [0.29, 0.717) is 0 Å². The van der Waals surface area contributed by atoms with Crippen LogP contribution in [0.5, 0.6) is 0 Å². The molecular formula is C62H43N. The summed E-state index contributed by atoms with van der Waals surface area (Å²) in [6, 6.07) is 94.6. The third kappa shape index (κ3) is 7.26. The van der Waals surface area contributed by atoms with Gasteiger partial charge in [0.1, 0.15) is 0 Å². The van der Waals surface area contributed by atoms with Crippen LogP contribution in [0.25, 0.3) is 88.3 Å². The van der Waals surface area contributed by atoms with Crippen LogP contribution in [0.15, 0.2) is 261 Å². The highest BCUT2D eigenvalue weighted by Gasteiger charge is 2.21. The Morgan fingerprint density at radius 2 is 0.603 bits per heavy atom. The molecular weight excluding hydrogens is 759 g/mol. The molecule has 0 aliphatic carbocycles. The summed E-state index contributed by atoms with van der Waals surface area (Å²) < 4.78 is 0. The summed E-state index contributed by atoms with van der Waals surface area (Å²) in [6.45, 7) is 0. The number of rotatable bonds is 9. The van der Waals surface area contributed by atoms with Crippen molar-refractivity contribution in [2.45, 2.75) is 0 Å². The van der Waals surface area contributed by atoms with Crippen LogP contribution in [0.1, 0.15) is 0 Å². The Bertz CT molecular complexity index is 3340. The molecule has 63 heavy (non-hydrogen) atoms. The number of anilines is 3. The van der Waals surface area contributed by atoms with Gasteiger partial charge in [-0.05, 0) is 131 Å². The number of nitrogens with zero attached hydrogens (tertiary/aromatic N) is 1. The lowest BCUT2D eigenvalue weighted by Crippen LogP contribution is -2.10. The third-order valence-corrected chi connectivity index (χ3v) is 12.3. The highest BCUT2D eigenvalue weighted by Crippen LogP contribution is 2.47. The van der Waals surface area contributed by atoms with E-state index < -0.39 is 0 Å². The minimum Gasteiger partial charge on any atom is -0.310 e. The molecule has 0 aromatic heterocycles. The van der Waals surface area contributed by atoms with Gasteiger partial charge in [0.05, 0.1) is 0 Å². The van der Waals surface area contributed by atoms with Gasteiger partial charge in [-0.1, -0.05) is 218 Å². The molecule has 0 aliphatic heterocycles. The topological polar surface area (TPSA) is 3.24 Å². The van der Waals surface area contributed by atoms with Crippen molar-refractivity contribution in [3.63, 3.8) is 0 Å². The van der Waals surface area contributed by atoms with Crippen molar-refractivity contribution < 1.29 is 0 Å². The lowest BCUT2D eigenvalue weighted by atomic mass is 9.85. The van der Waals surface area contributed by atoms with Gasteiger partial charge in [-0.3, -0.25) is 0 Å². The van der Waals surface area contributed by atoms with E-state index in [0.717, 1.165) is 22.6 Å². The van der Waals surface area contributed by atoms with E-state index in [2.05, 4.69) is 266 Å². The van der Waals surface area contributed by atoms with Crippen molar-refractivity contribution in [3.05, 3.63) is 261 Å². The molecule has 1 nitrogen and oxygen atoms in total. The van der Waals surface area contributed by atoms with Crippen molar-refractivity contribution in [3.8, 4) is 66.8 Å². The first-order valence-corrected chi connectivity index (χ1v) is 21.7. The highest BCUT2D eigenvalue weighted by molar-refractivity contribution is 6.22. The summed E-state index contributed by atoms with van der Waals surface area (Å²) in [5.41, 5.74) is 17.7. The Kier molecular flexibility index (Phi) is 9.97. The van der Waals surface area contributed by atoms with Gasteiger partial charge in [0, 0.05) is 17.1 Å². The second-order valence-electron chi connectivity index (χ2n) is 16.0. The second-order valence-corrected chi connectivity index (χ2v) is 16.0. The fraction of sp³-hybridized carbons (Fsp3) is 0. The maximum absolute atomic E-state index is 2.41. The van der Waals surface area contributed by atoms with Crippen LogP contribution in [-0.2, 0) is 0 Å². The first-order valence-electron chi connectivity index (χ1n) is 21.7. The summed E-state index contributed by atoms with van der Waals surface area (Å²) in [5, 5.41) is 4.93. The number of benzene rings is 11. The maximum atomic E-state index is 2.41. The zero-order valence-electron chi connectivity index (χ0n) is 34.8. The molecule has 0 atom stereocenters. The Labute approximate surface area is 369 Å². The molecule has 0 bridgehead atoms. The third-order valence-electron chi connectivity index (χ3n) is 12.3. The number of hydrogen-bond acceptors (Lipinski definition) is 1. The number of fused-ring (bicyclic) bond motifs is 3. The Balaban J connectivity index is 1.10. The molecule has 11 aromatic carbocycles. The number of hydrogen-bond donors (Lipinski definition) is 0. The minimum absolute atomic E-state index is 1.08. The average molecular weight is 802 g/mol. The smallest absolute Gasteiger partial charge is 0.0468 e. The largest absolute Gasteiger partial charge is 0.310 e. The zero-order valence-corrected chi connectivity index (χ0v) is 34.8. The van der Waals surface area contributed by atoms with Gasteiger partial charge in [-0.15, -0.1) is 0 Å². The fourth-order valence-corrected chi connectivity index (χ4v) is 9.28. The lowest BCUT2D eigenvalue weighted by molar-refractivity contribution is 1.29. The summed E-state index contributed by atoms with van der Waals surface area (Å²) in [4.78, 5) is 2.41. The molecule has 0 aliphatic rings. The Morgan fingerprint density at radius 3 is 1.22 bits per heavy atom. The molecule has 11 aromatic rings. The summed E-state index contributed by atoms with van der Waals surface area (Å²) >= 11 is 0. The molecule has 0 amide bonds. The van der Waals surface area contributed by atoms with Crippen LogP contribution in [0.4, 0.5) is 17.1 Å². The molecule has 1 heteroatoms. The molecule has 0 radical (unpaired) electrons.